The lowest BCUT2D eigenvalue weighted by Gasteiger charge is -2.31. The summed E-state index contributed by atoms with van der Waals surface area (Å²) in [5.41, 5.74) is 1.12. The second-order valence-corrected chi connectivity index (χ2v) is 10.1. The molecule has 2 fully saturated rings. The van der Waals surface area contributed by atoms with Gasteiger partial charge in [0, 0.05) is 6.54 Å². The van der Waals surface area contributed by atoms with E-state index >= 15 is 0 Å². The van der Waals surface area contributed by atoms with Gasteiger partial charge in [-0.05, 0) is 68.8 Å². The highest BCUT2D eigenvalue weighted by molar-refractivity contribution is 6.08. The van der Waals surface area contributed by atoms with Gasteiger partial charge in [-0.3, -0.25) is 24.2 Å². The van der Waals surface area contributed by atoms with Crippen LogP contribution in [0, 0.1) is 17.8 Å². The SMILES string of the molecule is COc1ccc(C(CNC(=O)C(CC(C)C)N2C(=O)C3CC=CCC3C2=O)N2CCCC2)cc1. The van der Waals surface area contributed by atoms with Crippen LogP contribution in [-0.2, 0) is 14.4 Å². The Bertz CT molecular complexity index is 894. The van der Waals surface area contributed by atoms with Crippen molar-refractivity contribution >= 4 is 17.7 Å². The van der Waals surface area contributed by atoms with Crippen molar-refractivity contribution in [1.82, 2.24) is 15.1 Å². The monoisotopic (exact) mass is 467 g/mol. The smallest absolute Gasteiger partial charge is 0.243 e. The largest absolute Gasteiger partial charge is 0.497 e. The maximum Gasteiger partial charge on any atom is 0.243 e. The quantitative estimate of drug-likeness (QED) is 0.445. The van der Waals surface area contributed by atoms with Crippen LogP contribution in [0.15, 0.2) is 36.4 Å². The van der Waals surface area contributed by atoms with Gasteiger partial charge in [-0.15, -0.1) is 0 Å². The fourth-order valence-electron chi connectivity index (χ4n) is 5.56. The van der Waals surface area contributed by atoms with Crippen molar-refractivity contribution in [2.45, 2.75) is 58.0 Å². The van der Waals surface area contributed by atoms with Gasteiger partial charge >= 0.3 is 0 Å². The number of methoxy groups -OCH3 is 1. The molecule has 4 unspecified atom stereocenters. The van der Waals surface area contributed by atoms with Crippen molar-refractivity contribution in [2.75, 3.05) is 26.7 Å². The fraction of sp³-hybridized carbons (Fsp3) is 0.593. The Morgan fingerprint density at radius 1 is 1.03 bits per heavy atom. The number of benzene rings is 1. The third kappa shape index (κ3) is 5.04. The average Bonchev–Trinajstić information content (AvgIpc) is 3.45. The van der Waals surface area contributed by atoms with Crippen LogP contribution >= 0.6 is 0 Å². The van der Waals surface area contributed by atoms with E-state index in [9.17, 15) is 14.4 Å². The number of nitrogens with one attached hydrogen (secondary N) is 1. The molecule has 4 rings (SSSR count). The summed E-state index contributed by atoms with van der Waals surface area (Å²) in [4.78, 5) is 43.5. The maximum absolute atomic E-state index is 13.5. The van der Waals surface area contributed by atoms with E-state index in [2.05, 4.69) is 10.2 Å². The highest BCUT2D eigenvalue weighted by atomic mass is 16.5. The standard InChI is InChI=1S/C27H37N3O4/c1-18(2)16-23(30-26(32)21-8-4-5-9-22(21)27(30)33)25(31)28-17-24(29-14-6-7-15-29)19-10-12-20(34-3)13-11-19/h4-5,10-13,18,21-24H,6-9,14-17H2,1-3H3,(H,28,31). The van der Waals surface area contributed by atoms with Gasteiger partial charge in [0.15, 0.2) is 0 Å². The topological polar surface area (TPSA) is 79.0 Å². The lowest BCUT2D eigenvalue weighted by Crippen LogP contribution is -2.51. The molecule has 1 aliphatic carbocycles. The van der Waals surface area contributed by atoms with Crippen molar-refractivity contribution in [3.8, 4) is 5.75 Å². The summed E-state index contributed by atoms with van der Waals surface area (Å²) >= 11 is 0. The number of allylic oxidation sites excluding steroid dienone is 2. The minimum atomic E-state index is -0.763. The summed E-state index contributed by atoms with van der Waals surface area (Å²) in [6.45, 7) is 6.45. The Hall–Kier alpha value is -2.67. The predicted octanol–water partition coefficient (Wildman–Crippen LogP) is 3.31. The number of ether oxygens (including phenoxy) is 1. The molecule has 7 heteroatoms. The Morgan fingerprint density at radius 2 is 1.62 bits per heavy atom. The summed E-state index contributed by atoms with van der Waals surface area (Å²) in [5.74, 6) is -0.286. The molecule has 0 bridgehead atoms. The second-order valence-electron chi connectivity index (χ2n) is 10.1. The number of carbonyl (C=O) groups is 3. The molecular weight excluding hydrogens is 430 g/mol. The van der Waals surface area contributed by atoms with Crippen LogP contribution in [0.1, 0.15) is 57.6 Å². The summed E-state index contributed by atoms with van der Waals surface area (Å²) in [7, 11) is 1.65. The summed E-state index contributed by atoms with van der Waals surface area (Å²) < 4.78 is 5.30. The number of nitrogens with zero attached hydrogens (tertiary/aromatic N) is 2. The molecule has 0 saturated carbocycles. The van der Waals surface area contributed by atoms with Crippen molar-refractivity contribution in [2.24, 2.45) is 17.8 Å². The van der Waals surface area contributed by atoms with Crippen molar-refractivity contribution in [3.63, 3.8) is 0 Å². The third-order valence-corrected chi connectivity index (χ3v) is 7.40. The summed E-state index contributed by atoms with van der Waals surface area (Å²) in [6, 6.07) is 7.25. The number of rotatable bonds is 9. The van der Waals surface area contributed by atoms with Crippen LogP contribution in [0.3, 0.4) is 0 Å². The van der Waals surface area contributed by atoms with Crippen LogP contribution in [0.25, 0.3) is 0 Å². The predicted molar refractivity (Wildman–Crippen MR) is 130 cm³/mol. The first-order chi connectivity index (χ1) is 16.4. The van der Waals surface area contributed by atoms with Crippen molar-refractivity contribution in [1.29, 1.82) is 0 Å². The average molecular weight is 468 g/mol. The van der Waals surface area contributed by atoms with Gasteiger partial charge in [0.1, 0.15) is 11.8 Å². The van der Waals surface area contributed by atoms with Gasteiger partial charge in [0.25, 0.3) is 0 Å². The van der Waals surface area contributed by atoms with E-state index in [4.69, 9.17) is 4.74 Å². The molecular formula is C27H37N3O4. The van der Waals surface area contributed by atoms with Crippen LogP contribution < -0.4 is 10.1 Å². The van der Waals surface area contributed by atoms with E-state index in [1.54, 1.807) is 7.11 Å². The maximum atomic E-state index is 13.5. The van der Waals surface area contributed by atoms with Gasteiger partial charge in [-0.25, -0.2) is 0 Å². The van der Waals surface area contributed by atoms with E-state index in [-0.39, 0.29) is 41.5 Å². The number of hydrogen-bond donors (Lipinski definition) is 1. The van der Waals surface area contributed by atoms with E-state index in [0.29, 0.717) is 25.8 Å². The number of imide groups is 1. The first-order valence-corrected chi connectivity index (χ1v) is 12.6. The normalized spacial score (nSPS) is 24.4. The Morgan fingerprint density at radius 3 is 2.15 bits per heavy atom. The van der Waals surface area contributed by atoms with Gasteiger partial charge in [0.2, 0.25) is 17.7 Å². The zero-order valence-electron chi connectivity index (χ0n) is 20.5. The first-order valence-electron chi connectivity index (χ1n) is 12.6. The molecule has 34 heavy (non-hydrogen) atoms. The highest BCUT2D eigenvalue weighted by Crippen LogP contribution is 2.37. The molecule has 2 saturated heterocycles. The molecule has 1 aromatic rings. The summed E-state index contributed by atoms with van der Waals surface area (Å²) in [6.07, 6.45) is 7.86. The molecule has 2 heterocycles. The Balaban J connectivity index is 1.51. The van der Waals surface area contributed by atoms with Crippen LogP contribution in [0.2, 0.25) is 0 Å². The lowest BCUT2D eigenvalue weighted by molar-refractivity contribution is -0.148. The number of likely N-dealkylation sites (tertiary alicyclic amines) is 2. The number of carbonyl (C=O) groups excluding carboxylic acids is 3. The number of hydrogen-bond acceptors (Lipinski definition) is 5. The molecule has 184 valence electrons. The Kier molecular flexibility index (Phi) is 7.71. The first kappa shape index (κ1) is 24.5. The van der Waals surface area contributed by atoms with E-state index in [0.717, 1.165) is 37.2 Å². The zero-order valence-corrected chi connectivity index (χ0v) is 20.5. The van der Waals surface area contributed by atoms with E-state index in [1.807, 2.05) is 50.3 Å². The van der Waals surface area contributed by atoms with E-state index in [1.165, 1.54) is 4.90 Å². The van der Waals surface area contributed by atoms with Gasteiger partial charge in [-0.2, -0.15) is 0 Å². The molecule has 3 aliphatic rings. The van der Waals surface area contributed by atoms with Gasteiger partial charge < -0.3 is 10.1 Å². The molecule has 0 radical (unpaired) electrons. The van der Waals surface area contributed by atoms with Gasteiger partial charge in [0.05, 0.1) is 25.0 Å². The van der Waals surface area contributed by atoms with Crippen LogP contribution in [-0.4, -0.2) is 60.3 Å². The van der Waals surface area contributed by atoms with E-state index < -0.39 is 6.04 Å². The van der Waals surface area contributed by atoms with Gasteiger partial charge in [-0.1, -0.05) is 38.1 Å². The zero-order chi connectivity index (χ0) is 24.2. The number of fused-ring (bicyclic) bond motifs is 1. The molecule has 0 aromatic heterocycles. The highest BCUT2D eigenvalue weighted by Gasteiger charge is 2.51. The van der Waals surface area contributed by atoms with Crippen molar-refractivity contribution < 1.29 is 19.1 Å². The molecule has 7 nitrogen and oxygen atoms in total. The van der Waals surface area contributed by atoms with Crippen molar-refractivity contribution in [3.05, 3.63) is 42.0 Å². The Labute approximate surface area is 202 Å². The molecule has 0 spiro atoms. The van der Waals surface area contributed by atoms with Crippen LogP contribution in [0.4, 0.5) is 0 Å². The third-order valence-electron chi connectivity index (χ3n) is 7.40. The molecule has 1 N–H and O–H groups in total. The molecule has 2 aliphatic heterocycles. The lowest BCUT2D eigenvalue weighted by atomic mass is 9.85. The molecule has 1 aromatic carbocycles. The van der Waals surface area contributed by atoms with Crippen LogP contribution in [0.5, 0.6) is 5.75 Å². The molecule has 4 atom stereocenters. The molecule has 3 amide bonds. The number of amides is 3. The minimum absolute atomic E-state index is 0.0359. The fourth-order valence-corrected chi connectivity index (χ4v) is 5.56. The minimum Gasteiger partial charge on any atom is -0.497 e. The second kappa shape index (κ2) is 10.7. The summed E-state index contributed by atoms with van der Waals surface area (Å²) in [5, 5.41) is 3.12.